The molecule has 1 aliphatic rings. The predicted octanol–water partition coefficient (Wildman–Crippen LogP) is 0.890. The van der Waals surface area contributed by atoms with Crippen LogP contribution >= 0.6 is 0 Å². The maximum absolute atomic E-state index is 11.5. The number of nitrogens with one attached hydrogen (secondary N) is 2. The van der Waals surface area contributed by atoms with Gasteiger partial charge in [-0.25, -0.2) is 4.79 Å². The molecule has 1 saturated heterocycles. The topological polar surface area (TPSA) is 59.6 Å². The lowest BCUT2D eigenvalue weighted by Crippen LogP contribution is -2.47. The Labute approximate surface area is 96.9 Å². The molecule has 1 unspecified atom stereocenters. The van der Waals surface area contributed by atoms with Gasteiger partial charge >= 0.3 is 6.09 Å². The second-order valence-corrected chi connectivity index (χ2v) is 5.17. The van der Waals surface area contributed by atoms with Crippen LogP contribution < -0.4 is 10.6 Å². The van der Waals surface area contributed by atoms with Gasteiger partial charge in [0.1, 0.15) is 5.60 Å². The van der Waals surface area contributed by atoms with Gasteiger partial charge in [-0.05, 0) is 33.7 Å². The van der Waals surface area contributed by atoms with Crippen LogP contribution in [-0.4, -0.2) is 44.0 Å². The van der Waals surface area contributed by atoms with Crippen molar-refractivity contribution >= 4 is 6.09 Å². The van der Waals surface area contributed by atoms with Gasteiger partial charge in [0.15, 0.2) is 0 Å². The van der Waals surface area contributed by atoms with E-state index in [-0.39, 0.29) is 5.60 Å². The standard InChI is InChI=1S/C11H22N2O3/c1-10(2,3)16-9(14)13-8-11(15-4)5-6-12-7-11/h12H,5-8H2,1-4H3,(H,13,14). The van der Waals surface area contributed by atoms with Crippen LogP contribution in [0.15, 0.2) is 0 Å². The van der Waals surface area contributed by atoms with Crippen LogP contribution in [0.3, 0.4) is 0 Å². The molecule has 1 atom stereocenters. The number of carbonyl (C=O) groups excluding carboxylic acids is 1. The van der Waals surface area contributed by atoms with E-state index in [1.54, 1.807) is 7.11 Å². The van der Waals surface area contributed by atoms with Crippen LogP contribution in [0.2, 0.25) is 0 Å². The van der Waals surface area contributed by atoms with Crippen LogP contribution in [-0.2, 0) is 9.47 Å². The van der Waals surface area contributed by atoms with Crippen molar-refractivity contribution in [1.82, 2.24) is 10.6 Å². The third kappa shape index (κ3) is 3.98. The molecule has 0 saturated carbocycles. The second-order valence-electron chi connectivity index (χ2n) is 5.17. The molecule has 0 aromatic heterocycles. The molecule has 1 aliphatic heterocycles. The van der Waals surface area contributed by atoms with E-state index < -0.39 is 11.7 Å². The molecule has 0 aliphatic carbocycles. The first-order chi connectivity index (χ1) is 7.37. The largest absolute Gasteiger partial charge is 0.444 e. The number of hydrogen-bond donors (Lipinski definition) is 2. The maximum Gasteiger partial charge on any atom is 0.407 e. The monoisotopic (exact) mass is 230 g/mol. The number of rotatable bonds is 3. The summed E-state index contributed by atoms with van der Waals surface area (Å²) in [5, 5.41) is 5.97. The van der Waals surface area contributed by atoms with Crippen LogP contribution in [0.1, 0.15) is 27.2 Å². The van der Waals surface area contributed by atoms with Gasteiger partial charge in [0.25, 0.3) is 0 Å². The van der Waals surface area contributed by atoms with Gasteiger partial charge in [0, 0.05) is 13.7 Å². The predicted molar refractivity (Wildman–Crippen MR) is 61.5 cm³/mol. The average Bonchev–Trinajstić information content (AvgIpc) is 2.61. The molecule has 0 bridgehead atoms. The summed E-state index contributed by atoms with van der Waals surface area (Å²) in [4.78, 5) is 11.5. The highest BCUT2D eigenvalue weighted by Crippen LogP contribution is 2.17. The smallest absolute Gasteiger partial charge is 0.407 e. The number of hydrogen-bond acceptors (Lipinski definition) is 4. The first-order valence-corrected chi connectivity index (χ1v) is 5.60. The first kappa shape index (κ1) is 13.3. The molecule has 0 aromatic rings. The zero-order valence-electron chi connectivity index (χ0n) is 10.6. The molecular weight excluding hydrogens is 208 g/mol. The summed E-state index contributed by atoms with van der Waals surface area (Å²) in [6, 6.07) is 0. The molecule has 1 rings (SSSR count). The highest BCUT2D eigenvalue weighted by atomic mass is 16.6. The lowest BCUT2D eigenvalue weighted by atomic mass is 10.0. The van der Waals surface area contributed by atoms with Gasteiger partial charge in [-0.1, -0.05) is 0 Å². The van der Waals surface area contributed by atoms with Crippen molar-refractivity contribution in [3.63, 3.8) is 0 Å². The Morgan fingerprint density at radius 3 is 2.62 bits per heavy atom. The third-order valence-corrected chi connectivity index (χ3v) is 2.59. The Bertz CT molecular complexity index is 242. The summed E-state index contributed by atoms with van der Waals surface area (Å²) in [6.45, 7) is 7.69. The summed E-state index contributed by atoms with van der Waals surface area (Å²) >= 11 is 0. The minimum Gasteiger partial charge on any atom is -0.444 e. The molecule has 5 nitrogen and oxygen atoms in total. The van der Waals surface area contributed by atoms with Crippen molar-refractivity contribution in [2.45, 2.75) is 38.4 Å². The Hall–Kier alpha value is -0.810. The highest BCUT2D eigenvalue weighted by Gasteiger charge is 2.34. The lowest BCUT2D eigenvalue weighted by Gasteiger charge is -2.27. The fourth-order valence-electron chi connectivity index (χ4n) is 1.67. The molecule has 2 N–H and O–H groups in total. The van der Waals surface area contributed by atoms with Gasteiger partial charge in [-0.2, -0.15) is 0 Å². The van der Waals surface area contributed by atoms with Crippen molar-refractivity contribution < 1.29 is 14.3 Å². The van der Waals surface area contributed by atoms with Crippen molar-refractivity contribution in [3.05, 3.63) is 0 Å². The molecule has 94 valence electrons. The SMILES string of the molecule is COC1(CNC(=O)OC(C)(C)C)CCNC1. The van der Waals surface area contributed by atoms with Gasteiger partial charge in [0.2, 0.25) is 0 Å². The van der Waals surface area contributed by atoms with E-state index in [2.05, 4.69) is 10.6 Å². The van der Waals surface area contributed by atoms with E-state index in [1.165, 1.54) is 0 Å². The Morgan fingerprint density at radius 2 is 2.19 bits per heavy atom. The molecule has 0 radical (unpaired) electrons. The van der Waals surface area contributed by atoms with E-state index in [4.69, 9.17) is 9.47 Å². The quantitative estimate of drug-likeness (QED) is 0.756. The first-order valence-electron chi connectivity index (χ1n) is 5.60. The Morgan fingerprint density at radius 1 is 1.50 bits per heavy atom. The highest BCUT2D eigenvalue weighted by molar-refractivity contribution is 5.67. The Kier molecular flexibility index (Phi) is 4.15. The number of carbonyl (C=O) groups is 1. The van der Waals surface area contributed by atoms with Crippen molar-refractivity contribution in [2.24, 2.45) is 0 Å². The van der Waals surface area contributed by atoms with Gasteiger partial charge < -0.3 is 20.1 Å². The van der Waals surface area contributed by atoms with E-state index in [0.29, 0.717) is 6.54 Å². The lowest BCUT2D eigenvalue weighted by molar-refractivity contribution is 0.00188. The summed E-state index contributed by atoms with van der Waals surface area (Å²) in [6.07, 6.45) is 0.509. The molecule has 1 heterocycles. The second kappa shape index (κ2) is 5.01. The molecule has 16 heavy (non-hydrogen) atoms. The van der Waals surface area contributed by atoms with E-state index in [9.17, 15) is 4.79 Å². The van der Waals surface area contributed by atoms with Gasteiger partial charge in [-0.3, -0.25) is 0 Å². The fourth-order valence-corrected chi connectivity index (χ4v) is 1.67. The minimum absolute atomic E-state index is 0.281. The van der Waals surface area contributed by atoms with Crippen LogP contribution in [0.25, 0.3) is 0 Å². The minimum atomic E-state index is -0.460. The average molecular weight is 230 g/mol. The van der Waals surface area contributed by atoms with E-state index in [0.717, 1.165) is 19.5 Å². The van der Waals surface area contributed by atoms with Crippen molar-refractivity contribution in [2.75, 3.05) is 26.7 Å². The third-order valence-electron chi connectivity index (χ3n) is 2.59. The van der Waals surface area contributed by atoms with Crippen LogP contribution in [0.4, 0.5) is 4.79 Å². The summed E-state index contributed by atoms with van der Waals surface area (Å²) in [5.74, 6) is 0. The zero-order chi connectivity index (χ0) is 12.2. The fraction of sp³-hybridized carbons (Fsp3) is 0.909. The van der Waals surface area contributed by atoms with Crippen LogP contribution in [0, 0.1) is 0 Å². The Balaban J connectivity index is 2.35. The van der Waals surface area contributed by atoms with Gasteiger partial charge in [-0.15, -0.1) is 0 Å². The molecule has 1 amide bonds. The molecule has 5 heteroatoms. The summed E-state index contributed by atoms with van der Waals surface area (Å²) < 4.78 is 10.6. The van der Waals surface area contributed by atoms with Crippen molar-refractivity contribution in [1.29, 1.82) is 0 Å². The number of alkyl carbamates (subject to hydrolysis) is 1. The molecule has 0 spiro atoms. The van der Waals surface area contributed by atoms with E-state index >= 15 is 0 Å². The zero-order valence-corrected chi connectivity index (χ0v) is 10.6. The molecular formula is C11H22N2O3. The maximum atomic E-state index is 11.5. The van der Waals surface area contributed by atoms with E-state index in [1.807, 2.05) is 20.8 Å². The van der Waals surface area contributed by atoms with Crippen molar-refractivity contribution in [3.8, 4) is 0 Å². The number of methoxy groups -OCH3 is 1. The molecule has 0 aromatic carbocycles. The molecule has 1 fully saturated rings. The number of ether oxygens (including phenoxy) is 2. The van der Waals surface area contributed by atoms with Gasteiger partial charge in [0.05, 0.1) is 12.1 Å². The summed E-state index contributed by atoms with van der Waals surface area (Å²) in [7, 11) is 1.67. The van der Waals surface area contributed by atoms with Crippen LogP contribution in [0.5, 0.6) is 0 Å². The normalized spacial score (nSPS) is 25.5. The summed E-state index contributed by atoms with van der Waals surface area (Å²) in [5.41, 5.74) is -0.741. The number of amides is 1.